The van der Waals surface area contributed by atoms with Crippen molar-refractivity contribution >= 4 is 44.8 Å². The topological polar surface area (TPSA) is 171 Å². The zero-order valence-corrected chi connectivity index (χ0v) is 29.4. The molecule has 3 atom stereocenters. The maximum atomic E-state index is 13.5. The zero-order valence-electron chi connectivity index (χ0n) is 28.6. The summed E-state index contributed by atoms with van der Waals surface area (Å²) in [5, 5.41) is 15.6. The van der Waals surface area contributed by atoms with Crippen LogP contribution in [0.2, 0.25) is 0 Å². The summed E-state index contributed by atoms with van der Waals surface area (Å²) >= 11 is 0. The van der Waals surface area contributed by atoms with Crippen molar-refractivity contribution in [1.82, 2.24) is 9.21 Å². The lowest BCUT2D eigenvalue weighted by Crippen LogP contribution is -2.48. The molecular formula is C36H46FN5O7S. The first-order valence-corrected chi connectivity index (χ1v) is 18.1. The number of likely N-dealkylation sites (N-methyl/N-ethyl adjacent to an activating group) is 1. The molecular weight excluding hydrogens is 665 g/mol. The molecule has 3 aromatic carbocycles. The van der Waals surface area contributed by atoms with Crippen molar-refractivity contribution in [2.24, 2.45) is 5.92 Å². The number of hydrogen-bond donors (Lipinski definition) is 4. The van der Waals surface area contributed by atoms with Gasteiger partial charge in [-0.2, -0.15) is 4.31 Å². The fourth-order valence-corrected chi connectivity index (χ4v) is 6.84. The standard InChI is InChI=1S/C36H46FN5O7S/c1-24-21-42(25(2)23-43)36(46)20-26-19-28(39-34(44)11-5-4-6-12-35(45)40-31-10-8-7-9-30(31)38)15-18-32(26)49-33(24)22-41(3)50(47,48)29-16-13-27(37)14-17-29/h7-10,13-19,24-25,33,43H,4-6,11-12,20-23,38H2,1-3H3,(H,39,44)(H,40,45)/t24-,25-,33-/m1/s1. The molecule has 0 aliphatic carbocycles. The van der Waals surface area contributed by atoms with E-state index in [-0.39, 0.29) is 61.1 Å². The fraction of sp³-hybridized carbons (Fsp3) is 0.417. The minimum atomic E-state index is -3.99. The van der Waals surface area contributed by atoms with Gasteiger partial charge in [-0.1, -0.05) is 25.5 Å². The van der Waals surface area contributed by atoms with Gasteiger partial charge in [0.25, 0.3) is 0 Å². The second-order valence-electron chi connectivity index (χ2n) is 12.7. The van der Waals surface area contributed by atoms with Crippen LogP contribution in [0.1, 0.15) is 51.5 Å². The maximum Gasteiger partial charge on any atom is 0.242 e. The minimum absolute atomic E-state index is 0.0662. The number of amides is 3. The van der Waals surface area contributed by atoms with E-state index in [1.807, 2.05) is 6.92 Å². The molecule has 0 bridgehead atoms. The van der Waals surface area contributed by atoms with Crippen LogP contribution >= 0.6 is 0 Å². The van der Waals surface area contributed by atoms with Crippen molar-refractivity contribution in [3.8, 4) is 5.75 Å². The minimum Gasteiger partial charge on any atom is -0.488 e. The van der Waals surface area contributed by atoms with Gasteiger partial charge in [-0.05, 0) is 74.4 Å². The number of carbonyl (C=O) groups is 3. The zero-order chi connectivity index (χ0) is 36.4. The molecule has 0 aromatic heterocycles. The highest BCUT2D eigenvalue weighted by Crippen LogP contribution is 2.30. The molecule has 3 amide bonds. The van der Waals surface area contributed by atoms with Crippen LogP contribution in [0.5, 0.6) is 5.75 Å². The molecule has 1 aliphatic rings. The third-order valence-electron chi connectivity index (χ3n) is 8.70. The molecule has 0 radical (unpaired) electrons. The molecule has 4 rings (SSSR count). The van der Waals surface area contributed by atoms with E-state index in [2.05, 4.69) is 10.6 Å². The number of nitrogens with zero attached hydrogens (tertiary/aromatic N) is 2. The number of unbranched alkanes of at least 4 members (excludes halogenated alkanes) is 2. The van der Waals surface area contributed by atoms with Gasteiger partial charge < -0.3 is 31.1 Å². The lowest BCUT2D eigenvalue weighted by Gasteiger charge is -2.33. The Labute approximate surface area is 292 Å². The summed E-state index contributed by atoms with van der Waals surface area (Å²) in [6, 6.07) is 16.1. The van der Waals surface area contributed by atoms with Crippen LogP contribution in [0.3, 0.4) is 0 Å². The van der Waals surface area contributed by atoms with Gasteiger partial charge in [0.15, 0.2) is 0 Å². The van der Waals surface area contributed by atoms with Gasteiger partial charge in [0.2, 0.25) is 27.7 Å². The van der Waals surface area contributed by atoms with Crippen LogP contribution in [0.25, 0.3) is 0 Å². The number of aliphatic hydroxyl groups excluding tert-OH is 1. The monoisotopic (exact) mass is 711 g/mol. The fourth-order valence-electron chi connectivity index (χ4n) is 5.66. The van der Waals surface area contributed by atoms with Crippen molar-refractivity contribution < 1.29 is 37.0 Å². The largest absolute Gasteiger partial charge is 0.488 e. The summed E-state index contributed by atoms with van der Waals surface area (Å²) in [6.07, 6.45) is 1.60. The van der Waals surface area contributed by atoms with Crippen LogP contribution in [-0.4, -0.2) is 79.3 Å². The summed E-state index contributed by atoms with van der Waals surface area (Å²) in [5.41, 5.74) is 7.89. The molecule has 5 N–H and O–H groups in total. The molecule has 0 unspecified atom stereocenters. The van der Waals surface area contributed by atoms with Crippen LogP contribution in [0, 0.1) is 11.7 Å². The molecule has 0 spiro atoms. The number of carbonyl (C=O) groups excluding carboxylic acids is 3. The average Bonchev–Trinajstić information content (AvgIpc) is 3.12. The SMILES string of the molecule is C[C@@H]1CN([C@H](C)CO)C(=O)Cc2cc(NC(=O)CCCCCC(=O)Nc3ccccc3N)ccc2O[C@@H]1CN(C)S(=O)(=O)c1ccc(F)cc1. The molecule has 12 nitrogen and oxygen atoms in total. The third-order valence-corrected chi connectivity index (χ3v) is 10.5. The predicted molar refractivity (Wildman–Crippen MR) is 189 cm³/mol. The van der Waals surface area contributed by atoms with Gasteiger partial charge in [-0.3, -0.25) is 14.4 Å². The van der Waals surface area contributed by atoms with E-state index >= 15 is 0 Å². The Hall–Kier alpha value is -4.53. The average molecular weight is 712 g/mol. The van der Waals surface area contributed by atoms with Crippen molar-refractivity contribution in [2.45, 2.75) is 69.4 Å². The van der Waals surface area contributed by atoms with Crippen LogP contribution in [0.15, 0.2) is 71.6 Å². The van der Waals surface area contributed by atoms with Crippen molar-refractivity contribution in [1.29, 1.82) is 0 Å². The Kier molecular flexibility index (Phi) is 13.3. The molecule has 0 saturated heterocycles. The second-order valence-corrected chi connectivity index (χ2v) is 14.7. The van der Waals surface area contributed by atoms with Crippen molar-refractivity contribution in [3.05, 3.63) is 78.1 Å². The van der Waals surface area contributed by atoms with E-state index < -0.39 is 28.0 Å². The van der Waals surface area contributed by atoms with Gasteiger partial charge in [-0.25, -0.2) is 12.8 Å². The van der Waals surface area contributed by atoms with Crippen molar-refractivity contribution in [2.75, 3.05) is 43.1 Å². The van der Waals surface area contributed by atoms with Gasteiger partial charge in [-0.15, -0.1) is 0 Å². The van der Waals surface area contributed by atoms with E-state index in [4.69, 9.17) is 10.5 Å². The number of fused-ring (bicyclic) bond motifs is 1. The van der Waals surface area contributed by atoms with E-state index in [9.17, 15) is 32.3 Å². The number of halogens is 1. The Balaban J connectivity index is 1.41. The first-order chi connectivity index (χ1) is 23.8. The molecule has 14 heteroatoms. The number of anilines is 3. The molecule has 3 aromatic rings. The van der Waals surface area contributed by atoms with Crippen LogP contribution in [-0.2, 0) is 30.8 Å². The quantitative estimate of drug-likeness (QED) is 0.141. The van der Waals surface area contributed by atoms with E-state index in [1.165, 1.54) is 19.2 Å². The third kappa shape index (κ3) is 10.2. The lowest BCUT2D eigenvalue weighted by atomic mass is 10.0. The smallest absolute Gasteiger partial charge is 0.242 e. The number of para-hydroxylation sites is 2. The molecule has 50 heavy (non-hydrogen) atoms. The van der Waals surface area contributed by atoms with Gasteiger partial charge in [0.05, 0.1) is 41.9 Å². The number of ether oxygens (including phenoxy) is 1. The molecule has 0 saturated carbocycles. The first-order valence-electron chi connectivity index (χ1n) is 16.6. The molecule has 1 heterocycles. The first kappa shape index (κ1) is 38.3. The van der Waals surface area contributed by atoms with Crippen LogP contribution in [0.4, 0.5) is 21.5 Å². The highest BCUT2D eigenvalue weighted by Gasteiger charge is 2.33. The predicted octanol–water partition coefficient (Wildman–Crippen LogP) is 4.41. The van der Waals surface area contributed by atoms with E-state index in [0.717, 1.165) is 16.4 Å². The van der Waals surface area contributed by atoms with Gasteiger partial charge >= 0.3 is 0 Å². The normalized spacial score (nSPS) is 17.2. The summed E-state index contributed by atoms with van der Waals surface area (Å²) < 4.78 is 47.7. The number of benzene rings is 3. The summed E-state index contributed by atoms with van der Waals surface area (Å²) in [5.74, 6) is -1.16. The number of nitrogen functional groups attached to an aromatic ring is 1. The van der Waals surface area contributed by atoms with Gasteiger partial charge in [0.1, 0.15) is 17.7 Å². The van der Waals surface area contributed by atoms with Crippen molar-refractivity contribution in [3.63, 3.8) is 0 Å². The maximum absolute atomic E-state index is 13.5. The Morgan fingerprint density at radius 1 is 1.04 bits per heavy atom. The number of sulfonamides is 1. The Bertz CT molecular complexity index is 1760. The summed E-state index contributed by atoms with van der Waals surface area (Å²) in [6.45, 7) is 3.44. The molecule has 1 aliphatic heterocycles. The number of aliphatic hydroxyl groups is 1. The number of hydrogen-bond acceptors (Lipinski definition) is 8. The molecule has 270 valence electrons. The number of nitrogens with two attached hydrogens (primary N) is 1. The van der Waals surface area contributed by atoms with E-state index in [1.54, 1.807) is 54.3 Å². The molecule has 0 fully saturated rings. The Morgan fingerprint density at radius 3 is 2.36 bits per heavy atom. The van der Waals surface area contributed by atoms with E-state index in [0.29, 0.717) is 54.1 Å². The number of nitrogens with one attached hydrogen (secondary N) is 2. The number of rotatable bonds is 14. The highest BCUT2D eigenvalue weighted by molar-refractivity contribution is 7.89. The summed E-state index contributed by atoms with van der Waals surface area (Å²) in [7, 11) is -2.58. The lowest BCUT2D eigenvalue weighted by molar-refractivity contribution is -0.134. The summed E-state index contributed by atoms with van der Waals surface area (Å²) in [4.78, 5) is 40.1. The van der Waals surface area contributed by atoms with Crippen LogP contribution < -0.4 is 21.1 Å². The second kappa shape index (κ2) is 17.4. The Morgan fingerprint density at radius 2 is 1.70 bits per heavy atom. The van der Waals surface area contributed by atoms with Gasteiger partial charge in [0, 0.05) is 43.6 Å². The highest BCUT2D eigenvalue weighted by atomic mass is 32.2.